The zero-order valence-electron chi connectivity index (χ0n) is 20.4. The molecule has 0 aromatic carbocycles. The van der Waals surface area contributed by atoms with Gasteiger partial charge in [0, 0.05) is 0 Å². The Morgan fingerprint density at radius 1 is 1.03 bits per heavy atom. The molecule has 0 spiro atoms. The summed E-state index contributed by atoms with van der Waals surface area (Å²) in [6.45, 7) is 12.3. The highest BCUT2D eigenvalue weighted by molar-refractivity contribution is 5.15. The van der Waals surface area contributed by atoms with Crippen LogP contribution in [0.15, 0.2) is 23.8 Å². The van der Waals surface area contributed by atoms with Gasteiger partial charge < -0.3 is 5.11 Å². The third-order valence-electron chi connectivity index (χ3n) is 10.4. The average molecular weight is 413 g/mol. The molecule has 1 N–H and O–H groups in total. The van der Waals surface area contributed by atoms with Gasteiger partial charge in [-0.25, -0.2) is 0 Å². The van der Waals surface area contributed by atoms with Crippen molar-refractivity contribution in [1.29, 1.82) is 0 Å². The van der Waals surface area contributed by atoms with Crippen molar-refractivity contribution in [2.24, 2.45) is 52.8 Å². The van der Waals surface area contributed by atoms with E-state index in [-0.39, 0.29) is 6.10 Å². The fourth-order valence-corrected chi connectivity index (χ4v) is 8.60. The van der Waals surface area contributed by atoms with Crippen LogP contribution in [-0.4, -0.2) is 11.2 Å². The molecule has 4 aliphatic rings. The van der Waals surface area contributed by atoms with Crippen molar-refractivity contribution in [3.05, 3.63) is 23.8 Å². The van der Waals surface area contributed by atoms with E-state index in [2.05, 4.69) is 52.8 Å². The Balaban J connectivity index is 1.51. The van der Waals surface area contributed by atoms with Crippen LogP contribution in [0.25, 0.3) is 0 Å². The summed E-state index contributed by atoms with van der Waals surface area (Å²) in [7, 11) is 0. The second kappa shape index (κ2) is 9.13. The van der Waals surface area contributed by atoms with E-state index in [1.54, 1.807) is 5.57 Å². The molecule has 9 atom stereocenters. The molecule has 0 aliphatic heterocycles. The highest BCUT2D eigenvalue weighted by Gasteiger charge is 2.55. The molecule has 0 saturated heterocycles. The maximum absolute atomic E-state index is 10.3. The number of hydrogen-bond acceptors (Lipinski definition) is 1. The first-order chi connectivity index (χ1) is 14.3. The molecular formula is C29H48O. The Hall–Kier alpha value is -0.560. The van der Waals surface area contributed by atoms with Crippen LogP contribution in [0.4, 0.5) is 0 Å². The molecule has 0 radical (unpaired) electrons. The lowest BCUT2D eigenvalue weighted by Crippen LogP contribution is -2.44. The molecule has 1 heteroatoms. The van der Waals surface area contributed by atoms with E-state index in [0.717, 1.165) is 54.3 Å². The second-order valence-electron chi connectivity index (χ2n) is 12.2. The monoisotopic (exact) mass is 412 g/mol. The molecule has 170 valence electrons. The lowest BCUT2D eigenvalue weighted by Gasteiger charge is -2.51. The standard InChI is InChI=1S/C29H48O/c1-6-22(19(2)3)9-7-20(4)27-13-14-28-26-12-8-21-17-23(10-11-24(30)18-21)25(26)15-16-29(27,28)5/h7-9,19-20,22-28,30H,6,10-18H2,1-5H3/b9-7+/t20-,22-,23-,24+,25-,26-,27-,28+,29-/m1/s1. The Bertz CT molecular complexity index is 645. The smallest absolute Gasteiger partial charge is 0.0577 e. The largest absolute Gasteiger partial charge is 0.393 e. The highest BCUT2D eigenvalue weighted by atomic mass is 16.3. The average Bonchev–Trinajstić information content (AvgIpc) is 2.83. The van der Waals surface area contributed by atoms with Crippen molar-refractivity contribution in [1.82, 2.24) is 0 Å². The van der Waals surface area contributed by atoms with Crippen LogP contribution in [0, 0.1) is 52.8 Å². The Kier molecular flexibility index (Phi) is 6.88. The van der Waals surface area contributed by atoms with Crippen LogP contribution in [0.5, 0.6) is 0 Å². The van der Waals surface area contributed by atoms with Crippen molar-refractivity contribution in [3.63, 3.8) is 0 Å². The van der Waals surface area contributed by atoms with E-state index < -0.39 is 0 Å². The molecule has 0 unspecified atom stereocenters. The zero-order valence-corrected chi connectivity index (χ0v) is 20.4. The maximum Gasteiger partial charge on any atom is 0.0577 e. The van der Waals surface area contributed by atoms with Gasteiger partial charge in [-0.05, 0) is 117 Å². The summed E-state index contributed by atoms with van der Waals surface area (Å²) in [6.07, 6.45) is 20.6. The minimum atomic E-state index is -0.0760. The lowest BCUT2D eigenvalue weighted by molar-refractivity contribution is -0.0165. The molecule has 0 aromatic rings. The molecule has 0 aromatic heterocycles. The van der Waals surface area contributed by atoms with Crippen LogP contribution < -0.4 is 0 Å². The summed E-state index contributed by atoms with van der Waals surface area (Å²) < 4.78 is 0. The Morgan fingerprint density at radius 3 is 2.57 bits per heavy atom. The molecule has 1 nitrogen and oxygen atoms in total. The minimum absolute atomic E-state index is 0.0760. The number of aliphatic hydroxyl groups excluding tert-OH is 1. The van der Waals surface area contributed by atoms with Gasteiger partial charge in [0.25, 0.3) is 0 Å². The summed E-state index contributed by atoms with van der Waals surface area (Å²) in [5, 5.41) is 10.3. The van der Waals surface area contributed by atoms with Crippen molar-refractivity contribution >= 4 is 0 Å². The molecular weight excluding hydrogens is 364 g/mol. The van der Waals surface area contributed by atoms with Crippen LogP contribution in [0.3, 0.4) is 0 Å². The quantitative estimate of drug-likeness (QED) is 0.457. The maximum atomic E-state index is 10.3. The summed E-state index contributed by atoms with van der Waals surface area (Å²) in [6, 6.07) is 0. The van der Waals surface area contributed by atoms with E-state index in [1.165, 1.54) is 51.4 Å². The fraction of sp³-hybridized carbons (Fsp3) is 0.862. The summed E-state index contributed by atoms with van der Waals surface area (Å²) >= 11 is 0. The van der Waals surface area contributed by atoms with Gasteiger partial charge in [-0.15, -0.1) is 0 Å². The SMILES string of the molecule is CC[C@H](/C=C/[C@@H](C)[C@H]1CC[C@H]2[C@@H]3CC=C4C[C@@H](O)CC[C@H](C4)[C@H]3CC[C@]12C)C(C)C. The molecule has 4 aliphatic carbocycles. The zero-order chi connectivity index (χ0) is 21.5. The lowest BCUT2D eigenvalue weighted by atomic mass is 9.54. The van der Waals surface area contributed by atoms with E-state index >= 15 is 0 Å². The number of rotatable bonds is 5. The Morgan fingerprint density at radius 2 is 1.83 bits per heavy atom. The number of allylic oxidation sites excluding steroid dienone is 3. The van der Waals surface area contributed by atoms with Gasteiger partial charge >= 0.3 is 0 Å². The van der Waals surface area contributed by atoms with Crippen molar-refractivity contribution in [2.75, 3.05) is 0 Å². The summed E-state index contributed by atoms with van der Waals surface area (Å²) in [5.74, 6) is 6.65. The predicted octanol–water partition coefficient (Wildman–Crippen LogP) is 7.80. The first-order valence-corrected chi connectivity index (χ1v) is 13.4. The van der Waals surface area contributed by atoms with Gasteiger partial charge in [-0.2, -0.15) is 0 Å². The van der Waals surface area contributed by atoms with Gasteiger partial charge in [0.15, 0.2) is 0 Å². The molecule has 2 bridgehead atoms. The van der Waals surface area contributed by atoms with Gasteiger partial charge in [-0.3, -0.25) is 0 Å². The van der Waals surface area contributed by atoms with Crippen LogP contribution >= 0.6 is 0 Å². The van der Waals surface area contributed by atoms with Crippen molar-refractivity contribution < 1.29 is 5.11 Å². The molecule has 0 heterocycles. The topological polar surface area (TPSA) is 20.2 Å². The molecule has 30 heavy (non-hydrogen) atoms. The first kappa shape index (κ1) is 22.6. The molecule has 4 rings (SSSR count). The molecule has 3 saturated carbocycles. The minimum Gasteiger partial charge on any atom is -0.393 e. The summed E-state index contributed by atoms with van der Waals surface area (Å²) in [5.41, 5.74) is 2.13. The van der Waals surface area contributed by atoms with E-state index in [9.17, 15) is 5.11 Å². The highest BCUT2D eigenvalue weighted by Crippen LogP contribution is 2.63. The van der Waals surface area contributed by atoms with E-state index in [0.29, 0.717) is 11.3 Å². The summed E-state index contributed by atoms with van der Waals surface area (Å²) in [4.78, 5) is 0. The van der Waals surface area contributed by atoms with E-state index in [4.69, 9.17) is 0 Å². The Labute approximate surface area is 186 Å². The van der Waals surface area contributed by atoms with Crippen molar-refractivity contribution in [3.8, 4) is 0 Å². The number of hydrogen-bond donors (Lipinski definition) is 1. The second-order valence-corrected chi connectivity index (χ2v) is 12.2. The number of fused-ring (bicyclic) bond motifs is 6. The molecule has 3 fully saturated rings. The van der Waals surface area contributed by atoms with Crippen molar-refractivity contribution in [2.45, 2.75) is 105 Å². The van der Waals surface area contributed by atoms with Crippen LogP contribution in [0.1, 0.15) is 98.8 Å². The third kappa shape index (κ3) is 4.22. The van der Waals surface area contributed by atoms with Gasteiger partial charge in [-0.1, -0.05) is 58.4 Å². The normalized spacial score (nSPS) is 43.5. The first-order valence-electron chi connectivity index (χ1n) is 13.4. The third-order valence-corrected chi connectivity index (χ3v) is 10.4. The number of aliphatic hydroxyl groups is 1. The van der Waals surface area contributed by atoms with Gasteiger partial charge in [0.05, 0.1) is 6.10 Å². The predicted molar refractivity (Wildman–Crippen MR) is 128 cm³/mol. The van der Waals surface area contributed by atoms with Gasteiger partial charge in [0.2, 0.25) is 0 Å². The van der Waals surface area contributed by atoms with Crippen LogP contribution in [-0.2, 0) is 0 Å². The molecule has 0 amide bonds. The fourth-order valence-electron chi connectivity index (χ4n) is 8.60. The van der Waals surface area contributed by atoms with Crippen LogP contribution in [0.2, 0.25) is 0 Å². The van der Waals surface area contributed by atoms with Gasteiger partial charge in [0.1, 0.15) is 0 Å². The van der Waals surface area contributed by atoms with E-state index in [1.807, 2.05) is 0 Å².